The molecule has 1 nitrogen and oxygen atoms in total. The van der Waals surface area contributed by atoms with Gasteiger partial charge in [-0.3, -0.25) is 0 Å². The fraction of sp³-hybridized carbons (Fsp3) is 0.133. The number of alkyl halides is 3. The Morgan fingerprint density at radius 1 is 1.10 bits per heavy atom. The Balaban J connectivity index is 1.93. The van der Waals surface area contributed by atoms with E-state index in [1.54, 1.807) is 6.07 Å². The molecule has 0 saturated carbocycles. The van der Waals surface area contributed by atoms with E-state index in [0.717, 1.165) is 25.8 Å². The number of rotatable bonds is 2. The average Bonchev–Trinajstić information content (AvgIpc) is 2.82. The highest BCUT2D eigenvalue weighted by molar-refractivity contribution is 9.10. The highest BCUT2D eigenvalue weighted by Gasteiger charge is 2.30. The summed E-state index contributed by atoms with van der Waals surface area (Å²) in [5.74, 6) is 0. The van der Waals surface area contributed by atoms with Gasteiger partial charge in [-0.15, -0.1) is 11.3 Å². The Morgan fingerprint density at radius 2 is 1.86 bits per heavy atom. The maximum absolute atomic E-state index is 12.7. The van der Waals surface area contributed by atoms with Crippen LogP contribution in [0.1, 0.15) is 16.1 Å². The molecule has 0 N–H and O–H groups in total. The summed E-state index contributed by atoms with van der Waals surface area (Å²) in [7, 11) is 0. The van der Waals surface area contributed by atoms with E-state index in [-0.39, 0.29) is 0 Å². The van der Waals surface area contributed by atoms with Crippen LogP contribution >= 0.6 is 27.3 Å². The molecule has 0 bridgehead atoms. The number of aromatic nitrogens is 1. The molecule has 108 valence electrons. The largest absolute Gasteiger partial charge is 0.416 e. The van der Waals surface area contributed by atoms with Crippen molar-refractivity contribution >= 4 is 37.5 Å². The summed E-state index contributed by atoms with van der Waals surface area (Å²) in [6.45, 7) is 0. The number of halogens is 4. The Hall–Kier alpha value is -1.40. The van der Waals surface area contributed by atoms with Crippen molar-refractivity contribution in [3.63, 3.8) is 0 Å². The lowest BCUT2D eigenvalue weighted by Crippen LogP contribution is -2.05. The van der Waals surface area contributed by atoms with Gasteiger partial charge in [0, 0.05) is 10.9 Å². The number of fused-ring (bicyclic) bond motifs is 1. The maximum Gasteiger partial charge on any atom is 0.416 e. The number of hydrogen-bond donors (Lipinski definition) is 0. The van der Waals surface area contributed by atoms with Crippen molar-refractivity contribution < 1.29 is 13.2 Å². The molecule has 21 heavy (non-hydrogen) atoms. The predicted octanol–water partition coefficient (Wildman–Crippen LogP) is 5.67. The third-order valence-corrected chi connectivity index (χ3v) is 4.68. The molecule has 0 radical (unpaired) electrons. The monoisotopic (exact) mass is 371 g/mol. The quantitative estimate of drug-likeness (QED) is 0.565. The molecule has 2 aromatic carbocycles. The summed E-state index contributed by atoms with van der Waals surface area (Å²) in [4.78, 5) is 4.49. The Morgan fingerprint density at radius 3 is 2.57 bits per heavy atom. The first kappa shape index (κ1) is 14.5. The zero-order valence-electron chi connectivity index (χ0n) is 10.6. The summed E-state index contributed by atoms with van der Waals surface area (Å²) in [6, 6.07) is 11.2. The van der Waals surface area contributed by atoms with Gasteiger partial charge in [0.15, 0.2) is 0 Å². The van der Waals surface area contributed by atoms with E-state index in [2.05, 4.69) is 20.9 Å². The number of thiazole rings is 1. The summed E-state index contributed by atoms with van der Waals surface area (Å²) >= 11 is 4.93. The van der Waals surface area contributed by atoms with Crippen LogP contribution in [0.2, 0.25) is 0 Å². The molecule has 0 atom stereocenters. The van der Waals surface area contributed by atoms with Gasteiger partial charge in [0.05, 0.1) is 20.8 Å². The molecule has 0 aliphatic carbocycles. The van der Waals surface area contributed by atoms with E-state index in [0.29, 0.717) is 12.0 Å². The second-order valence-electron chi connectivity index (χ2n) is 4.57. The van der Waals surface area contributed by atoms with E-state index in [1.165, 1.54) is 23.5 Å². The van der Waals surface area contributed by atoms with Crippen molar-refractivity contribution in [2.45, 2.75) is 12.6 Å². The number of benzene rings is 2. The highest BCUT2D eigenvalue weighted by atomic mass is 79.9. The molecule has 3 aromatic rings. The van der Waals surface area contributed by atoms with Crippen LogP contribution in [0.5, 0.6) is 0 Å². The molecule has 3 rings (SSSR count). The number of para-hydroxylation sites is 1. The van der Waals surface area contributed by atoms with Gasteiger partial charge in [0.1, 0.15) is 0 Å². The molecule has 0 spiro atoms. The first-order valence-electron chi connectivity index (χ1n) is 6.13. The molecular weight excluding hydrogens is 363 g/mol. The van der Waals surface area contributed by atoms with E-state index >= 15 is 0 Å². The smallest absolute Gasteiger partial charge is 0.240 e. The first-order valence-corrected chi connectivity index (χ1v) is 7.74. The zero-order valence-corrected chi connectivity index (χ0v) is 13.0. The molecule has 1 aromatic heterocycles. The Labute approximate surface area is 131 Å². The van der Waals surface area contributed by atoms with Crippen LogP contribution in [0.3, 0.4) is 0 Å². The number of nitrogens with zero attached hydrogens (tertiary/aromatic N) is 1. The van der Waals surface area contributed by atoms with E-state index in [1.807, 2.05) is 18.2 Å². The number of hydrogen-bond acceptors (Lipinski definition) is 2. The third kappa shape index (κ3) is 3.11. The van der Waals surface area contributed by atoms with E-state index < -0.39 is 11.7 Å². The fourth-order valence-corrected chi connectivity index (χ4v) is 3.68. The second kappa shape index (κ2) is 5.42. The fourth-order valence-electron chi connectivity index (χ4n) is 2.07. The van der Waals surface area contributed by atoms with Gasteiger partial charge >= 0.3 is 6.18 Å². The van der Waals surface area contributed by atoms with E-state index in [4.69, 9.17) is 0 Å². The van der Waals surface area contributed by atoms with Crippen molar-refractivity contribution in [2.24, 2.45) is 0 Å². The van der Waals surface area contributed by atoms with Crippen LogP contribution in [0.4, 0.5) is 13.2 Å². The summed E-state index contributed by atoms with van der Waals surface area (Å²) < 4.78 is 40.0. The van der Waals surface area contributed by atoms with Crippen LogP contribution < -0.4 is 0 Å². The van der Waals surface area contributed by atoms with Crippen LogP contribution in [-0.4, -0.2) is 4.98 Å². The Bertz CT molecular complexity index is 795. The second-order valence-corrected chi connectivity index (χ2v) is 6.54. The van der Waals surface area contributed by atoms with Crippen LogP contribution in [-0.2, 0) is 12.6 Å². The lowest BCUT2D eigenvalue weighted by Gasteiger charge is -2.07. The van der Waals surface area contributed by atoms with Gasteiger partial charge in [0.25, 0.3) is 0 Å². The van der Waals surface area contributed by atoms with Crippen LogP contribution in [0.25, 0.3) is 10.2 Å². The van der Waals surface area contributed by atoms with Gasteiger partial charge in [-0.25, -0.2) is 4.98 Å². The SMILES string of the molecule is FC(F)(F)c1cccc(Cc2nc3c(Br)cccc3s2)c1. The van der Waals surface area contributed by atoms with Crippen molar-refractivity contribution in [1.29, 1.82) is 0 Å². The van der Waals surface area contributed by atoms with Gasteiger partial charge in [-0.05, 0) is 39.7 Å². The van der Waals surface area contributed by atoms with Crippen molar-refractivity contribution in [3.05, 3.63) is 63.1 Å². The van der Waals surface area contributed by atoms with Gasteiger partial charge in [-0.2, -0.15) is 13.2 Å². The molecular formula is C15H9BrF3NS. The first-order chi connectivity index (χ1) is 9.93. The summed E-state index contributed by atoms with van der Waals surface area (Å²) in [5, 5.41) is 0.802. The van der Waals surface area contributed by atoms with E-state index in [9.17, 15) is 13.2 Å². The summed E-state index contributed by atoms with van der Waals surface area (Å²) in [6.07, 6.45) is -3.91. The van der Waals surface area contributed by atoms with Gasteiger partial charge in [-0.1, -0.05) is 24.3 Å². The van der Waals surface area contributed by atoms with Crippen molar-refractivity contribution in [3.8, 4) is 0 Å². The average molecular weight is 372 g/mol. The third-order valence-electron chi connectivity index (χ3n) is 3.02. The topological polar surface area (TPSA) is 12.9 Å². The molecule has 0 unspecified atom stereocenters. The lowest BCUT2D eigenvalue weighted by atomic mass is 10.1. The van der Waals surface area contributed by atoms with Crippen molar-refractivity contribution in [1.82, 2.24) is 4.98 Å². The van der Waals surface area contributed by atoms with Crippen LogP contribution in [0, 0.1) is 0 Å². The predicted molar refractivity (Wildman–Crippen MR) is 81.6 cm³/mol. The van der Waals surface area contributed by atoms with Gasteiger partial charge < -0.3 is 0 Å². The molecule has 0 amide bonds. The van der Waals surface area contributed by atoms with Gasteiger partial charge in [0.2, 0.25) is 0 Å². The lowest BCUT2D eigenvalue weighted by molar-refractivity contribution is -0.137. The molecule has 0 aliphatic rings. The molecule has 6 heteroatoms. The maximum atomic E-state index is 12.7. The normalized spacial score (nSPS) is 12.0. The standard InChI is InChI=1S/C15H9BrF3NS/c16-11-5-2-6-12-14(11)20-13(21-12)8-9-3-1-4-10(7-9)15(17,18)19/h1-7H,8H2. The minimum atomic E-state index is -4.31. The minimum Gasteiger partial charge on any atom is -0.240 e. The minimum absolute atomic E-state index is 0.399. The zero-order chi connectivity index (χ0) is 15.0. The molecule has 0 fully saturated rings. The van der Waals surface area contributed by atoms with Crippen LogP contribution in [0.15, 0.2) is 46.9 Å². The molecule has 0 aliphatic heterocycles. The molecule has 1 heterocycles. The highest BCUT2D eigenvalue weighted by Crippen LogP contribution is 2.32. The Kier molecular flexibility index (Phi) is 3.75. The van der Waals surface area contributed by atoms with Crippen molar-refractivity contribution in [2.75, 3.05) is 0 Å². The summed E-state index contributed by atoms with van der Waals surface area (Å²) in [5.41, 5.74) is 0.840. The molecule has 0 saturated heterocycles.